The summed E-state index contributed by atoms with van der Waals surface area (Å²) in [5.41, 5.74) is -7.08. The first kappa shape index (κ1) is 68.3. The SMILES string of the molecule is CC1(C)CC(Nc2nc(NC3CC(C)(C)N(O)C(C)(C)C3)nc(N(CCN(c3nc(NC4CC(C)(C)N(O)C(C)(C)C4)nc(NC4CC(C)(C)N(O)C(C)(C)C4)n3)C3CC(C)(C)N(O)C(C)(C)C3)C3CC(C)(C)N(O)C(C)(C)C3)n2)CC(C)(C)N1O. The van der Waals surface area contributed by atoms with E-state index < -0.39 is 66.5 Å². The van der Waals surface area contributed by atoms with Crippen molar-refractivity contribution in [2.45, 2.75) is 346 Å². The van der Waals surface area contributed by atoms with Crippen LogP contribution in [0, 0.1) is 0 Å². The highest BCUT2D eigenvalue weighted by Crippen LogP contribution is 2.46. The predicted molar refractivity (Wildman–Crippen MR) is 338 cm³/mol. The molecule has 6 saturated heterocycles. The van der Waals surface area contributed by atoms with Crippen molar-refractivity contribution in [1.82, 2.24) is 60.3 Å². The number of hydrogen-bond acceptors (Lipinski definition) is 24. The largest absolute Gasteiger partial charge is 0.351 e. The van der Waals surface area contributed by atoms with Gasteiger partial charge in [-0.1, -0.05) is 0 Å². The van der Waals surface area contributed by atoms with Crippen molar-refractivity contribution in [1.29, 1.82) is 0 Å². The van der Waals surface area contributed by atoms with Gasteiger partial charge < -0.3 is 62.3 Å². The lowest BCUT2D eigenvalue weighted by molar-refractivity contribution is -0.245. The zero-order valence-electron chi connectivity index (χ0n) is 57.3. The molecule has 10 N–H and O–H groups in total. The molecule has 6 fully saturated rings. The van der Waals surface area contributed by atoms with Crippen LogP contribution in [0.1, 0.15) is 243 Å². The molecule has 0 aromatic carbocycles. The Morgan fingerprint density at radius 2 is 0.430 bits per heavy atom. The van der Waals surface area contributed by atoms with E-state index in [1.807, 2.05) is 0 Å². The van der Waals surface area contributed by atoms with E-state index >= 15 is 0 Å². The molecule has 0 atom stereocenters. The van der Waals surface area contributed by atoms with Gasteiger partial charge in [0, 0.05) is 116 Å². The maximum absolute atomic E-state index is 11.9. The quantitative estimate of drug-likeness (QED) is 0.0794. The Morgan fingerprint density at radius 3 is 0.593 bits per heavy atom. The lowest BCUT2D eigenvalue weighted by Crippen LogP contribution is -2.65. The summed E-state index contributed by atoms with van der Waals surface area (Å²) in [5.74, 6) is 2.51. The minimum atomic E-state index is -0.660. The van der Waals surface area contributed by atoms with Crippen LogP contribution in [0.3, 0.4) is 0 Å². The maximum Gasteiger partial charge on any atom is 0.232 e. The maximum atomic E-state index is 11.9. The minimum absolute atomic E-state index is 0.110. The average Bonchev–Trinajstić information content (AvgIpc) is 0.995. The molecule has 6 aliphatic rings. The summed E-state index contributed by atoms with van der Waals surface area (Å²) in [5, 5.41) is 93.4. The zero-order valence-corrected chi connectivity index (χ0v) is 57.3. The second-order valence-corrected chi connectivity index (χ2v) is 34.7. The predicted octanol–water partition coefficient (Wildman–Crippen LogP) is 10.5. The first-order valence-corrected chi connectivity index (χ1v) is 32.0. The molecule has 8 heterocycles. The van der Waals surface area contributed by atoms with Gasteiger partial charge in [0.05, 0.1) is 0 Å². The molecule has 2 aromatic heterocycles. The summed E-state index contributed by atoms with van der Waals surface area (Å²) in [6.07, 6.45) is 7.22. The van der Waals surface area contributed by atoms with Crippen LogP contribution in [0.25, 0.3) is 0 Å². The number of hydroxylamine groups is 12. The smallest absolute Gasteiger partial charge is 0.232 e. The highest BCUT2D eigenvalue weighted by Gasteiger charge is 2.53. The Kier molecular flexibility index (Phi) is 18.0. The van der Waals surface area contributed by atoms with Gasteiger partial charge in [0.2, 0.25) is 35.7 Å². The molecule has 0 saturated carbocycles. The molecule has 0 aliphatic carbocycles. The molecule has 6 aliphatic heterocycles. The summed E-state index contributed by atoms with van der Waals surface area (Å²) >= 11 is 0. The Labute approximate surface area is 515 Å². The van der Waals surface area contributed by atoms with Crippen molar-refractivity contribution in [3.8, 4) is 0 Å². The highest BCUT2D eigenvalue weighted by atomic mass is 16.5. The third-order valence-electron chi connectivity index (χ3n) is 20.3. The van der Waals surface area contributed by atoms with Crippen LogP contribution < -0.4 is 31.1 Å². The van der Waals surface area contributed by atoms with E-state index in [9.17, 15) is 31.2 Å². The third-order valence-corrected chi connectivity index (χ3v) is 20.3. The van der Waals surface area contributed by atoms with Crippen LogP contribution in [-0.4, -0.2) is 207 Å². The zero-order chi connectivity index (χ0) is 64.5. The Balaban J connectivity index is 1.29. The molecule has 0 unspecified atom stereocenters. The molecule has 86 heavy (non-hydrogen) atoms. The van der Waals surface area contributed by atoms with Crippen LogP contribution in [0.2, 0.25) is 0 Å². The van der Waals surface area contributed by atoms with Gasteiger partial charge >= 0.3 is 0 Å². The Morgan fingerprint density at radius 1 is 0.279 bits per heavy atom. The van der Waals surface area contributed by atoms with Crippen molar-refractivity contribution in [2.24, 2.45) is 0 Å². The second kappa shape index (κ2) is 22.6. The van der Waals surface area contributed by atoms with Crippen molar-refractivity contribution < 1.29 is 31.2 Å². The van der Waals surface area contributed by atoms with Crippen LogP contribution in [0.5, 0.6) is 0 Å². The number of nitrogens with zero attached hydrogens (tertiary/aromatic N) is 14. The highest BCUT2D eigenvalue weighted by molar-refractivity contribution is 5.49. The number of hydrogen-bond donors (Lipinski definition) is 10. The Hall–Kier alpha value is -3.66. The van der Waals surface area contributed by atoms with Crippen molar-refractivity contribution >= 4 is 35.7 Å². The standard InChI is InChI=1S/C62H116N18O6/c1-51(2)27-39(28-52(3,4)75(51)81)63-45-67-46(64-40-29-53(5,6)76(82)54(7,8)30-40)70-49(69-45)73(43-35-59(17,18)79(85)60(19,20)36-43)25-26-74(44-37-61(21,22)80(86)62(23,24)38-44)50-71-47(65-41-31-55(9,10)77(83)56(11,12)32-41)68-48(72-50)66-42-33-57(13,14)78(84)58(15,16)34-42/h39-44,81-86H,25-38H2,1-24H3,(H2,63,64,67,69,70)(H2,65,66,68,71,72). The van der Waals surface area contributed by atoms with Gasteiger partial charge in [0.1, 0.15) is 0 Å². The fourth-order valence-corrected chi connectivity index (χ4v) is 17.4. The first-order chi connectivity index (χ1) is 38.9. The molecule has 24 nitrogen and oxygen atoms in total. The van der Waals surface area contributed by atoms with Crippen molar-refractivity contribution in [3.05, 3.63) is 0 Å². The lowest BCUT2D eigenvalue weighted by atomic mass is 9.78. The van der Waals surface area contributed by atoms with Crippen LogP contribution >= 0.6 is 0 Å². The summed E-state index contributed by atoms with van der Waals surface area (Å²) in [6.45, 7) is 50.2. The number of nitrogens with one attached hydrogen (secondary N) is 4. The van der Waals surface area contributed by atoms with E-state index in [4.69, 9.17) is 29.9 Å². The summed E-state index contributed by atoms with van der Waals surface area (Å²) < 4.78 is 0. The summed E-state index contributed by atoms with van der Waals surface area (Å²) in [6, 6.07) is -0.841. The van der Waals surface area contributed by atoms with Gasteiger partial charge in [-0.15, -0.1) is 0 Å². The van der Waals surface area contributed by atoms with Gasteiger partial charge in [0.15, 0.2) is 0 Å². The van der Waals surface area contributed by atoms with Gasteiger partial charge in [-0.05, 0) is 243 Å². The molecule has 490 valence electrons. The van der Waals surface area contributed by atoms with Gasteiger partial charge in [-0.3, -0.25) is 0 Å². The fraction of sp³-hybridized carbons (Fsp3) is 0.903. The number of piperidine rings is 6. The normalized spacial score (nSPS) is 28.2. The monoisotopic (exact) mass is 1210 g/mol. The minimum Gasteiger partial charge on any atom is -0.351 e. The van der Waals surface area contributed by atoms with E-state index in [0.29, 0.717) is 126 Å². The number of anilines is 6. The second-order valence-electron chi connectivity index (χ2n) is 34.7. The van der Waals surface area contributed by atoms with Crippen molar-refractivity contribution in [2.75, 3.05) is 44.2 Å². The van der Waals surface area contributed by atoms with Crippen LogP contribution in [-0.2, 0) is 0 Å². The fourth-order valence-electron chi connectivity index (χ4n) is 17.4. The van der Waals surface area contributed by atoms with E-state index in [-0.39, 0.29) is 36.3 Å². The third kappa shape index (κ3) is 14.1. The summed E-state index contributed by atoms with van der Waals surface area (Å²) in [4.78, 5) is 36.6. The topological polar surface area (TPSA) is 273 Å². The molecule has 24 heteroatoms. The molecular weight excluding hydrogens is 1090 g/mol. The van der Waals surface area contributed by atoms with Crippen LogP contribution in [0.15, 0.2) is 0 Å². The molecule has 8 rings (SSSR count). The van der Waals surface area contributed by atoms with Gasteiger partial charge in [0.25, 0.3) is 0 Å². The molecule has 0 radical (unpaired) electrons. The number of aromatic nitrogens is 6. The Bertz CT molecular complexity index is 2320. The average molecular weight is 1210 g/mol. The van der Waals surface area contributed by atoms with E-state index in [1.54, 1.807) is 0 Å². The van der Waals surface area contributed by atoms with Gasteiger partial charge in [-0.2, -0.15) is 60.3 Å². The molecule has 0 bridgehead atoms. The summed E-state index contributed by atoms with van der Waals surface area (Å²) in [7, 11) is 0. The lowest BCUT2D eigenvalue weighted by Gasteiger charge is -2.55. The molecule has 0 amide bonds. The van der Waals surface area contributed by atoms with Crippen LogP contribution in [0.4, 0.5) is 35.7 Å². The first-order valence-electron chi connectivity index (χ1n) is 32.0. The molecule has 2 aromatic rings. The van der Waals surface area contributed by atoms with E-state index in [1.165, 1.54) is 30.4 Å². The number of rotatable bonds is 15. The van der Waals surface area contributed by atoms with E-state index in [0.717, 1.165) is 0 Å². The van der Waals surface area contributed by atoms with E-state index in [2.05, 4.69) is 197 Å². The van der Waals surface area contributed by atoms with Crippen molar-refractivity contribution in [3.63, 3.8) is 0 Å². The van der Waals surface area contributed by atoms with Gasteiger partial charge in [-0.25, -0.2) is 0 Å². The molecular formula is C62H116N18O6. The molecule has 0 spiro atoms.